The molecule has 1 amide bonds. The van der Waals surface area contributed by atoms with E-state index in [1.165, 1.54) is 19.3 Å². The highest BCUT2D eigenvalue weighted by atomic mass is 16.3. The van der Waals surface area contributed by atoms with E-state index >= 15 is 0 Å². The third-order valence-corrected chi connectivity index (χ3v) is 3.53. The number of furan rings is 1. The second-order valence-corrected chi connectivity index (χ2v) is 4.73. The maximum atomic E-state index is 11.9. The summed E-state index contributed by atoms with van der Waals surface area (Å²) in [5, 5.41) is 6.13. The highest BCUT2D eigenvalue weighted by molar-refractivity contribution is 6.12. The van der Waals surface area contributed by atoms with Crippen molar-refractivity contribution in [2.75, 3.05) is 0 Å². The van der Waals surface area contributed by atoms with Crippen molar-refractivity contribution in [2.24, 2.45) is 5.10 Å². The number of nitrogens with zero attached hydrogens (tertiary/aromatic N) is 2. The maximum Gasteiger partial charge on any atom is 0.249 e. The Morgan fingerprint density at radius 2 is 2.12 bits per heavy atom. The molecule has 1 fully saturated rings. The molecule has 0 radical (unpaired) electrons. The van der Waals surface area contributed by atoms with Gasteiger partial charge in [0.15, 0.2) is 0 Å². The lowest BCUT2D eigenvalue weighted by atomic mass is 9.95. The van der Waals surface area contributed by atoms with Gasteiger partial charge in [-0.15, -0.1) is 0 Å². The number of rotatable bonds is 2. The van der Waals surface area contributed by atoms with Crippen molar-refractivity contribution >= 4 is 11.6 Å². The highest BCUT2D eigenvalue weighted by Gasteiger charge is 2.32. The molecule has 4 heteroatoms. The van der Waals surface area contributed by atoms with E-state index in [-0.39, 0.29) is 5.91 Å². The summed E-state index contributed by atoms with van der Waals surface area (Å²) < 4.78 is 5.29. The summed E-state index contributed by atoms with van der Waals surface area (Å²) in [5.41, 5.74) is 0.769. The lowest BCUT2D eigenvalue weighted by Gasteiger charge is -2.27. The van der Waals surface area contributed by atoms with Gasteiger partial charge in [-0.1, -0.05) is 19.3 Å². The van der Waals surface area contributed by atoms with E-state index < -0.39 is 0 Å². The second kappa shape index (κ2) is 4.35. The normalized spacial score (nSPS) is 22.0. The molecule has 2 aliphatic rings. The van der Waals surface area contributed by atoms with E-state index in [1.54, 1.807) is 11.3 Å². The van der Waals surface area contributed by atoms with Crippen LogP contribution in [0.15, 0.2) is 27.9 Å². The van der Waals surface area contributed by atoms with Gasteiger partial charge in [-0.2, -0.15) is 5.10 Å². The van der Waals surface area contributed by atoms with Crippen LogP contribution in [0.2, 0.25) is 0 Å². The zero-order valence-corrected chi connectivity index (χ0v) is 9.76. The number of hydrogen-bond acceptors (Lipinski definition) is 3. The minimum Gasteiger partial charge on any atom is -0.463 e. The molecule has 1 aliphatic heterocycles. The third-order valence-electron chi connectivity index (χ3n) is 3.53. The van der Waals surface area contributed by atoms with Crippen LogP contribution in [0.5, 0.6) is 0 Å². The molecular weight excluding hydrogens is 216 g/mol. The SMILES string of the molecule is O=C1CC(c2ccco2)=NN1C1CCCCC1. The van der Waals surface area contributed by atoms with Gasteiger partial charge in [-0.3, -0.25) is 4.79 Å². The molecule has 1 saturated carbocycles. The molecule has 0 N–H and O–H groups in total. The summed E-state index contributed by atoms with van der Waals surface area (Å²) in [6.07, 6.45) is 7.87. The van der Waals surface area contributed by atoms with Gasteiger partial charge in [0.2, 0.25) is 5.91 Å². The molecule has 90 valence electrons. The first-order chi connectivity index (χ1) is 8.34. The van der Waals surface area contributed by atoms with Crippen LogP contribution in [-0.2, 0) is 4.79 Å². The number of carbonyl (C=O) groups excluding carboxylic acids is 1. The Morgan fingerprint density at radius 3 is 2.82 bits per heavy atom. The smallest absolute Gasteiger partial charge is 0.249 e. The van der Waals surface area contributed by atoms with Gasteiger partial charge in [0, 0.05) is 0 Å². The van der Waals surface area contributed by atoms with Crippen LogP contribution in [0.3, 0.4) is 0 Å². The first-order valence-electron chi connectivity index (χ1n) is 6.28. The first kappa shape index (κ1) is 10.6. The van der Waals surface area contributed by atoms with Crippen LogP contribution < -0.4 is 0 Å². The van der Waals surface area contributed by atoms with Crippen molar-refractivity contribution in [1.29, 1.82) is 0 Å². The highest BCUT2D eigenvalue weighted by Crippen LogP contribution is 2.27. The molecule has 0 spiro atoms. The maximum absolute atomic E-state index is 11.9. The third kappa shape index (κ3) is 1.99. The van der Waals surface area contributed by atoms with Crippen LogP contribution in [0.4, 0.5) is 0 Å². The number of hydrogen-bond donors (Lipinski definition) is 0. The molecular formula is C13H16N2O2. The fourth-order valence-electron chi connectivity index (χ4n) is 2.64. The van der Waals surface area contributed by atoms with Crippen molar-refractivity contribution in [3.8, 4) is 0 Å². The number of carbonyl (C=O) groups is 1. The molecule has 17 heavy (non-hydrogen) atoms. The Morgan fingerprint density at radius 1 is 1.29 bits per heavy atom. The van der Waals surface area contributed by atoms with E-state index in [2.05, 4.69) is 5.10 Å². The van der Waals surface area contributed by atoms with E-state index in [4.69, 9.17) is 4.42 Å². The van der Waals surface area contributed by atoms with Gasteiger partial charge in [0.05, 0.1) is 18.7 Å². The van der Waals surface area contributed by atoms with Crippen molar-refractivity contribution in [3.63, 3.8) is 0 Å². The van der Waals surface area contributed by atoms with E-state index in [0.29, 0.717) is 12.5 Å². The van der Waals surface area contributed by atoms with Gasteiger partial charge in [-0.25, -0.2) is 5.01 Å². The monoisotopic (exact) mass is 232 g/mol. The minimum atomic E-state index is 0.114. The fourth-order valence-corrected chi connectivity index (χ4v) is 2.64. The van der Waals surface area contributed by atoms with Crippen molar-refractivity contribution < 1.29 is 9.21 Å². The summed E-state index contributed by atoms with van der Waals surface area (Å²) in [5.74, 6) is 0.833. The van der Waals surface area contributed by atoms with Crippen LogP contribution in [-0.4, -0.2) is 22.7 Å². The molecule has 1 aromatic heterocycles. The fraction of sp³-hybridized carbons (Fsp3) is 0.538. The molecule has 4 nitrogen and oxygen atoms in total. The second-order valence-electron chi connectivity index (χ2n) is 4.73. The van der Waals surface area contributed by atoms with Gasteiger partial charge < -0.3 is 4.42 Å². The van der Waals surface area contributed by atoms with Crippen LogP contribution in [0.1, 0.15) is 44.3 Å². The van der Waals surface area contributed by atoms with Crippen molar-refractivity contribution in [1.82, 2.24) is 5.01 Å². The zero-order valence-electron chi connectivity index (χ0n) is 9.76. The summed E-state index contributed by atoms with van der Waals surface area (Å²) in [6.45, 7) is 0. The quantitative estimate of drug-likeness (QED) is 0.786. The Hall–Kier alpha value is -1.58. The standard InChI is InChI=1S/C13H16N2O2/c16-13-9-11(12-7-4-8-17-12)14-15(13)10-5-2-1-3-6-10/h4,7-8,10H,1-3,5-6,9H2. The van der Waals surface area contributed by atoms with Crippen LogP contribution in [0.25, 0.3) is 0 Å². The first-order valence-corrected chi connectivity index (χ1v) is 6.28. The largest absolute Gasteiger partial charge is 0.463 e. The summed E-state index contributed by atoms with van der Waals surface area (Å²) in [6, 6.07) is 3.99. The molecule has 0 aromatic carbocycles. The van der Waals surface area contributed by atoms with Crippen LogP contribution in [0, 0.1) is 0 Å². The number of amides is 1. The van der Waals surface area contributed by atoms with Gasteiger partial charge in [0.25, 0.3) is 0 Å². The Balaban J connectivity index is 1.79. The molecule has 2 heterocycles. The number of hydrazone groups is 1. The van der Waals surface area contributed by atoms with Gasteiger partial charge in [0.1, 0.15) is 11.5 Å². The average Bonchev–Trinajstić information content (AvgIpc) is 2.99. The molecule has 1 aliphatic carbocycles. The molecule has 0 atom stereocenters. The molecule has 1 aromatic rings. The summed E-state index contributed by atoms with van der Waals surface area (Å²) in [7, 11) is 0. The molecule has 0 unspecified atom stereocenters. The van der Waals surface area contributed by atoms with Crippen molar-refractivity contribution in [2.45, 2.75) is 44.6 Å². The molecule has 0 bridgehead atoms. The Bertz CT molecular complexity index is 430. The van der Waals surface area contributed by atoms with E-state index in [0.717, 1.165) is 24.3 Å². The summed E-state index contributed by atoms with van der Waals surface area (Å²) >= 11 is 0. The Kier molecular flexibility index (Phi) is 2.71. The average molecular weight is 232 g/mol. The lowest BCUT2D eigenvalue weighted by Crippen LogP contribution is -2.34. The lowest BCUT2D eigenvalue weighted by molar-refractivity contribution is -0.131. The predicted molar refractivity (Wildman–Crippen MR) is 63.6 cm³/mol. The minimum absolute atomic E-state index is 0.114. The van der Waals surface area contributed by atoms with Crippen LogP contribution >= 0.6 is 0 Å². The molecule has 0 saturated heterocycles. The Labute approximate surface area is 100 Å². The van der Waals surface area contributed by atoms with E-state index in [1.807, 2.05) is 12.1 Å². The zero-order chi connectivity index (χ0) is 11.7. The molecule has 3 rings (SSSR count). The summed E-state index contributed by atoms with van der Waals surface area (Å²) in [4.78, 5) is 11.9. The van der Waals surface area contributed by atoms with Gasteiger partial charge in [-0.05, 0) is 25.0 Å². The predicted octanol–water partition coefficient (Wildman–Crippen LogP) is 2.55. The van der Waals surface area contributed by atoms with Gasteiger partial charge >= 0.3 is 0 Å². The topological polar surface area (TPSA) is 45.8 Å². The van der Waals surface area contributed by atoms with Crippen molar-refractivity contribution in [3.05, 3.63) is 24.2 Å². The van der Waals surface area contributed by atoms with E-state index in [9.17, 15) is 4.79 Å².